The largest absolute Gasteiger partial charge is 0.493 e. The Hall–Kier alpha value is -3.17. The molecule has 8 nitrogen and oxygen atoms in total. The summed E-state index contributed by atoms with van der Waals surface area (Å²) in [7, 11) is -0.360. The molecule has 1 fully saturated rings. The van der Waals surface area contributed by atoms with E-state index in [9.17, 15) is 8.42 Å². The van der Waals surface area contributed by atoms with Crippen LogP contribution in [-0.4, -0.2) is 63.3 Å². The van der Waals surface area contributed by atoms with Gasteiger partial charge in [0.2, 0.25) is 10.0 Å². The minimum atomic E-state index is -3.55. The van der Waals surface area contributed by atoms with Crippen LogP contribution >= 0.6 is 0 Å². The molecule has 0 radical (unpaired) electrons. The maximum atomic E-state index is 13.3. The molecule has 1 aliphatic heterocycles. The van der Waals surface area contributed by atoms with Crippen molar-refractivity contribution in [2.75, 3.05) is 45.3 Å². The fraction of sp³-hybridized carbons (Fsp3) is 0.360. The Balaban J connectivity index is 1.47. The van der Waals surface area contributed by atoms with Crippen LogP contribution < -0.4 is 14.4 Å². The second-order valence-corrected chi connectivity index (χ2v) is 10.3. The average molecular weight is 483 g/mol. The summed E-state index contributed by atoms with van der Waals surface area (Å²) in [5, 5.41) is 8.78. The van der Waals surface area contributed by atoms with Gasteiger partial charge in [-0.25, -0.2) is 8.42 Å². The van der Waals surface area contributed by atoms with Crippen LogP contribution in [0, 0.1) is 20.8 Å². The fourth-order valence-corrected chi connectivity index (χ4v) is 6.34. The number of hydrogen-bond acceptors (Lipinski definition) is 7. The second-order valence-electron chi connectivity index (χ2n) is 8.47. The lowest BCUT2D eigenvalue weighted by Gasteiger charge is -2.35. The normalized spacial score (nSPS) is 14.8. The topological polar surface area (TPSA) is 84.9 Å². The first-order valence-corrected chi connectivity index (χ1v) is 12.6. The molecule has 1 saturated heterocycles. The summed E-state index contributed by atoms with van der Waals surface area (Å²) < 4.78 is 38.9. The lowest BCUT2D eigenvalue weighted by Crippen LogP contribution is -2.49. The Morgan fingerprint density at radius 1 is 0.794 bits per heavy atom. The van der Waals surface area contributed by atoms with Gasteiger partial charge >= 0.3 is 0 Å². The van der Waals surface area contributed by atoms with Crippen LogP contribution in [0.25, 0.3) is 11.3 Å². The third-order valence-corrected chi connectivity index (χ3v) is 8.30. The van der Waals surface area contributed by atoms with E-state index in [-0.39, 0.29) is 0 Å². The number of anilines is 1. The summed E-state index contributed by atoms with van der Waals surface area (Å²) in [6.45, 7) is 7.59. The highest BCUT2D eigenvalue weighted by Crippen LogP contribution is 2.32. The van der Waals surface area contributed by atoms with Gasteiger partial charge in [-0.05, 0) is 62.2 Å². The molecule has 3 aromatic rings. The lowest BCUT2D eigenvalue weighted by molar-refractivity contribution is 0.355. The first-order chi connectivity index (χ1) is 16.2. The molecule has 0 spiro atoms. The van der Waals surface area contributed by atoms with E-state index < -0.39 is 10.0 Å². The number of hydrogen-bond donors (Lipinski definition) is 0. The van der Waals surface area contributed by atoms with E-state index in [2.05, 4.69) is 15.1 Å². The summed E-state index contributed by atoms with van der Waals surface area (Å²) in [6, 6.07) is 13.3. The third-order valence-electron chi connectivity index (χ3n) is 6.09. The van der Waals surface area contributed by atoms with E-state index in [0.29, 0.717) is 42.6 Å². The molecule has 1 aromatic heterocycles. The number of methoxy groups -OCH3 is 2. The Labute approximate surface area is 201 Å². The predicted octanol–water partition coefficient (Wildman–Crippen LogP) is 3.60. The first-order valence-electron chi connectivity index (χ1n) is 11.1. The van der Waals surface area contributed by atoms with E-state index in [1.165, 1.54) is 0 Å². The molecular weight excluding hydrogens is 452 g/mol. The van der Waals surface area contributed by atoms with Crippen LogP contribution in [0.3, 0.4) is 0 Å². The predicted molar refractivity (Wildman–Crippen MR) is 132 cm³/mol. The summed E-state index contributed by atoms with van der Waals surface area (Å²) in [4.78, 5) is 2.48. The van der Waals surface area contributed by atoms with E-state index in [4.69, 9.17) is 9.47 Å². The molecule has 0 unspecified atom stereocenters. The van der Waals surface area contributed by atoms with Crippen molar-refractivity contribution in [2.45, 2.75) is 25.7 Å². The van der Waals surface area contributed by atoms with E-state index in [1.54, 1.807) is 18.5 Å². The van der Waals surface area contributed by atoms with Crippen molar-refractivity contribution < 1.29 is 17.9 Å². The van der Waals surface area contributed by atoms with Gasteiger partial charge in [-0.15, -0.1) is 10.2 Å². The number of ether oxygens (including phenoxy) is 2. The maximum absolute atomic E-state index is 13.3. The molecule has 0 amide bonds. The van der Waals surface area contributed by atoms with Gasteiger partial charge in [-0.3, -0.25) is 0 Å². The van der Waals surface area contributed by atoms with Crippen LogP contribution in [-0.2, 0) is 10.0 Å². The van der Waals surface area contributed by atoms with Crippen LogP contribution in [0.2, 0.25) is 0 Å². The number of nitrogens with zero attached hydrogens (tertiary/aromatic N) is 4. The zero-order chi connectivity index (χ0) is 24.5. The summed E-state index contributed by atoms with van der Waals surface area (Å²) >= 11 is 0. The maximum Gasteiger partial charge on any atom is 0.243 e. The highest BCUT2D eigenvalue weighted by molar-refractivity contribution is 7.89. The highest BCUT2D eigenvalue weighted by Gasteiger charge is 2.31. The minimum absolute atomic E-state index is 0.397. The van der Waals surface area contributed by atoms with Gasteiger partial charge in [-0.2, -0.15) is 4.31 Å². The van der Waals surface area contributed by atoms with Crippen molar-refractivity contribution in [1.29, 1.82) is 0 Å². The summed E-state index contributed by atoms with van der Waals surface area (Å²) in [6.07, 6.45) is 0. The Bertz CT molecular complexity index is 1260. The van der Waals surface area contributed by atoms with E-state index in [1.807, 2.05) is 63.2 Å². The van der Waals surface area contributed by atoms with Crippen molar-refractivity contribution in [3.05, 3.63) is 59.2 Å². The first kappa shape index (κ1) is 24.0. The lowest BCUT2D eigenvalue weighted by atomic mass is 10.1. The molecule has 0 N–H and O–H groups in total. The Kier molecular flexibility index (Phi) is 6.77. The molecule has 0 aliphatic carbocycles. The number of aromatic nitrogens is 2. The van der Waals surface area contributed by atoms with Crippen molar-refractivity contribution in [1.82, 2.24) is 14.5 Å². The van der Waals surface area contributed by atoms with Crippen LogP contribution in [0.4, 0.5) is 5.82 Å². The zero-order valence-corrected chi connectivity index (χ0v) is 21.0. The molecule has 2 heterocycles. The van der Waals surface area contributed by atoms with Gasteiger partial charge < -0.3 is 14.4 Å². The van der Waals surface area contributed by atoms with Gasteiger partial charge in [-0.1, -0.05) is 17.7 Å². The molecule has 0 atom stereocenters. The van der Waals surface area contributed by atoms with Crippen molar-refractivity contribution >= 4 is 15.8 Å². The molecule has 34 heavy (non-hydrogen) atoms. The molecule has 9 heteroatoms. The summed E-state index contributed by atoms with van der Waals surface area (Å²) in [5.41, 5.74) is 4.23. The average Bonchev–Trinajstić information content (AvgIpc) is 2.83. The highest BCUT2D eigenvalue weighted by atomic mass is 32.2. The molecule has 1 aliphatic rings. The van der Waals surface area contributed by atoms with Crippen molar-refractivity contribution in [3.8, 4) is 22.8 Å². The standard InChI is InChI=1S/C25H30N4O4S/c1-17-14-18(2)25(19(3)15-17)34(30,31)29-12-10-28(11-13-29)24-9-7-21(26-27-24)20-6-8-22(32-4)23(16-20)33-5/h6-9,14-16H,10-13H2,1-5H3. The number of piperazine rings is 1. The van der Waals surface area contributed by atoms with Crippen LogP contribution in [0.5, 0.6) is 11.5 Å². The number of aryl methyl sites for hydroxylation is 3. The smallest absolute Gasteiger partial charge is 0.243 e. The van der Waals surface area contributed by atoms with Crippen LogP contribution in [0.15, 0.2) is 47.4 Å². The third kappa shape index (κ3) is 4.58. The second kappa shape index (κ2) is 9.60. The van der Waals surface area contributed by atoms with Gasteiger partial charge in [0.25, 0.3) is 0 Å². The van der Waals surface area contributed by atoms with Crippen LogP contribution in [0.1, 0.15) is 16.7 Å². The number of rotatable bonds is 6. The van der Waals surface area contributed by atoms with Crippen molar-refractivity contribution in [2.24, 2.45) is 0 Å². The Morgan fingerprint density at radius 3 is 2.00 bits per heavy atom. The Morgan fingerprint density at radius 2 is 1.44 bits per heavy atom. The van der Waals surface area contributed by atoms with E-state index >= 15 is 0 Å². The fourth-order valence-electron chi connectivity index (χ4n) is 4.50. The van der Waals surface area contributed by atoms with E-state index in [0.717, 1.165) is 33.8 Å². The monoisotopic (exact) mass is 482 g/mol. The zero-order valence-electron chi connectivity index (χ0n) is 20.2. The molecule has 0 saturated carbocycles. The molecular formula is C25H30N4O4S. The minimum Gasteiger partial charge on any atom is -0.493 e. The van der Waals surface area contributed by atoms with Gasteiger partial charge in [0, 0.05) is 31.7 Å². The molecule has 180 valence electrons. The molecule has 0 bridgehead atoms. The molecule has 4 rings (SSSR count). The van der Waals surface area contributed by atoms with Gasteiger partial charge in [0.15, 0.2) is 17.3 Å². The number of sulfonamides is 1. The van der Waals surface area contributed by atoms with Gasteiger partial charge in [0.05, 0.1) is 24.8 Å². The van der Waals surface area contributed by atoms with Crippen molar-refractivity contribution in [3.63, 3.8) is 0 Å². The number of benzene rings is 2. The molecule has 2 aromatic carbocycles. The van der Waals surface area contributed by atoms with Gasteiger partial charge in [0.1, 0.15) is 0 Å². The quantitative estimate of drug-likeness (QED) is 0.531. The summed E-state index contributed by atoms with van der Waals surface area (Å²) in [5.74, 6) is 2.01. The SMILES string of the molecule is COc1ccc(-c2ccc(N3CCN(S(=O)(=O)c4c(C)cc(C)cc4C)CC3)nn2)cc1OC.